The van der Waals surface area contributed by atoms with Crippen LogP contribution in [-0.2, 0) is 28.8 Å². The first-order valence-corrected chi connectivity index (χ1v) is 26.2. The molecule has 2 aliphatic carbocycles. The van der Waals surface area contributed by atoms with Gasteiger partial charge < -0.3 is 62.1 Å². The molecule has 394 valence electrons. The van der Waals surface area contributed by atoms with Crippen molar-refractivity contribution < 1.29 is 38.4 Å². The van der Waals surface area contributed by atoms with E-state index in [1.807, 2.05) is 36.4 Å². The lowest BCUT2D eigenvalue weighted by Crippen LogP contribution is -2.62. The van der Waals surface area contributed by atoms with Gasteiger partial charge in [-0.05, 0) is 115 Å². The Hall–Kier alpha value is -7.06. The van der Waals surface area contributed by atoms with Crippen molar-refractivity contribution in [2.75, 3.05) is 50.9 Å². The number of urea groups is 2. The Morgan fingerprint density at radius 1 is 0.500 bits per heavy atom. The van der Waals surface area contributed by atoms with Crippen LogP contribution in [0.4, 0.5) is 21.0 Å². The fourth-order valence-electron chi connectivity index (χ4n) is 11.1. The Bertz CT molecular complexity index is 2400. The van der Waals surface area contributed by atoms with Crippen molar-refractivity contribution in [2.45, 2.75) is 137 Å². The Morgan fingerprint density at radius 2 is 0.878 bits per heavy atom. The maximum atomic E-state index is 14.5. The van der Waals surface area contributed by atoms with Gasteiger partial charge in [-0.1, -0.05) is 60.7 Å². The molecule has 3 aromatic carbocycles. The number of anilines is 2. The molecule has 6 fully saturated rings. The molecular weight excluding hydrogens is 945 g/mol. The van der Waals surface area contributed by atoms with Gasteiger partial charge in [0.1, 0.15) is 24.2 Å². The van der Waals surface area contributed by atoms with Gasteiger partial charge in [-0.25, -0.2) is 9.59 Å². The van der Waals surface area contributed by atoms with E-state index < -0.39 is 71.9 Å². The van der Waals surface area contributed by atoms with Gasteiger partial charge in [-0.15, -0.1) is 0 Å². The number of likely N-dealkylation sites (N-methyl/N-ethyl adjacent to an activating group) is 2. The van der Waals surface area contributed by atoms with Crippen molar-refractivity contribution >= 4 is 58.9 Å². The van der Waals surface area contributed by atoms with Crippen molar-refractivity contribution in [2.24, 2.45) is 0 Å². The standard InChI is InChI=1S/C54H70N12O8/c1-31(55-3)47(67)61-43-29-63(25-23-37-19-21-45(65(37)51(43)71)49(69)59-41-27-39(41)33-11-7-5-8-12-33)53(73)57-35-15-17-36(18-16-35)58-54(74)64-26-24-38-20-22-46(50(70)60-42-28-40(42)34-13-9-6-10-14-34)66(38)52(72)44(30-64)62-48(68)32(2)56-4/h5-18,31-32,37-46,55-56H,19-30H2,1-4H3,(H,57,73)(H,58,74)(H,59,69)(H,60,70)(H,61,67)(H,62,68)/t31-,32-,37+,38+,39-,40-,41-,42-,43-,44-,45-,46-/m0/s1. The molecule has 0 spiro atoms. The van der Waals surface area contributed by atoms with Gasteiger partial charge in [0.25, 0.3) is 0 Å². The number of fused-ring (bicyclic) bond motifs is 2. The minimum absolute atomic E-state index is 0.0155. The fraction of sp³-hybridized carbons (Fsp3) is 0.519. The number of benzene rings is 3. The minimum atomic E-state index is -1.12. The molecule has 4 aliphatic heterocycles. The highest BCUT2D eigenvalue weighted by molar-refractivity contribution is 5.97. The smallest absolute Gasteiger partial charge is 0.321 e. The molecule has 4 saturated heterocycles. The summed E-state index contributed by atoms with van der Waals surface area (Å²) in [7, 11) is 3.27. The Kier molecular flexibility index (Phi) is 15.8. The molecule has 8 N–H and O–H groups in total. The van der Waals surface area contributed by atoms with Gasteiger partial charge >= 0.3 is 12.1 Å². The summed E-state index contributed by atoms with van der Waals surface area (Å²) in [6.45, 7) is 3.59. The summed E-state index contributed by atoms with van der Waals surface area (Å²) in [4.78, 5) is 117. The second kappa shape index (κ2) is 22.6. The SMILES string of the molecule is CN[C@@H](C)C(=O)N[C@H]1CN(C(=O)Nc2ccc(NC(=O)N3CC[C@H]4CC[C@@H](C(=O)N[C@H]5C[C@H]5c5ccccc5)N4C(=O)[C@@H](NC(=O)[C@H](C)NC)C3)cc2)CC[C@H]2CC[C@@H](C(=O)N[C@H]3C[C@H]3c3ccccc3)N2C1=O. The predicted octanol–water partition coefficient (Wildman–Crippen LogP) is 2.41. The molecule has 9 rings (SSSR count). The molecule has 74 heavy (non-hydrogen) atoms. The van der Waals surface area contributed by atoms with Crippen LogP contribution in [0.1, 0.15) is 88.2 Å². The topological polar surface area (TPSA) is 246 Å². The monoisotopic (exact) mass is 1010 g/mol. The predicted molar refractivity (Wildman–Crippen MR) is 277 cm³/mol. The molecular formula is C54H70N12O8. The van der Waals surface area contributed by atoms with E-state index in [1.165, 1.54) is 9.80 Å². The van der Waals surface area contributed by atoms with E-state index in [0.29, 0.717) is 49.9 Å². The van der Waals surface area contributed by atoms with Crippen LogP contribution in [0.3, 0.4) is 0 Å². The first-order valence-electron chi connectivity index (χ1n) is 26.2. The molecule has 20 heteroatoms. The number of nitrogens with one attached hydrogen (secondary N) is 8. The molecule has 2 saturated carbocycles. The quantitative estimate of drug-likeness (QED) is 0.117. The molecule has 0 bridgehead atoms. The zero-order chi connectivity index (χ0) is 52.2. The van der Waals surface area contributed by atoms with Crippen molar-refractivity contribution in [1.29, 1.82) is 0 Å². The Morgan fingerprint density at radius 3 is 1.24 bits per heavy atom. The maximum Gasteiger partial charge on any atom is 0.321 e. The molecule has 3 aromatic rings. The third kappa shape index (κ3) is 11.7. The van der Waals surface area contributed by atoms with Crippen LogP contribution in [0.5, 0.6) is 0 Å². The van der Waals surface area contributed by atoms with Crippen LogP contribution in [0, 0.1) is 0 Å². The molecule has 0 radical (unpaired) electrons. The first-order chi connectivity index (χ1) is 35.7. The molecule has 0 aromatic heterocycles. The number of hydrogen-bond donors (Lipinski definition) is 8. The number of carbonyl (C=O) groups is 8. The van der Waals surface area contributed by atoms with Gasteiger partial charge in [-0.3, -0.25) is 28.8 Å². The van der Waals surface area contributed by atoms with Crippen LogP contribution in [0.25, 0.3) is 0 Å². The average molecular weight is 1020 g/mol. The van der Waals surface area contributed by atoms with E-state index >= 15 is 0 Å². The highest BCUT2D eigenvalue weighted by atomic mass is 16.2. The Balaban J connectivity index is 0.822. The lowest BCUT2D eigenvalue weighted by atomic mass is 10.1. The highest BCUT2D eigenvalue weighted by Crippen LogP contribution is 2.42. The van der Waals surface area contributed by atoms with E-state index in [9.17, 15) is 38.4 Å². The zero-order valence-electron chi connectivity index (χ0n) is 42.6. The molecule has 20 nitrogen and oxygen atoms in total. The second-order valence-corrected chi connectivity index (χ2v) is 20.8. The Labute approximate surface area is 431 Å². The van der Waals surface area contributed by atoms with Gasteiger partial charge in [0, 0.05) is 60.5 Å². The van der Waals surface area contributed by atoms with E-state index in [2.05, 4.69) is 66.8 Å². The molecule has 12 atom stereocenters. The second-order valence-electron chi connectivity index (χ2n) is 20.8. The number of amides is 10. The number of hydrogen-bond acceptors (Lipinski definition) is 10. The highest BCUT2D eigenvalue weighted by Gasteiger charge is 2.50. The van der Waals surface area contributed by atoms with E-state index in [0.717, 1.165) is 24.0 Å². The van der Waals surface area contributed by atoms with Gasteiger partial charge in [0.2, 0.25) is 35.4 Å². The largest absolute Gasteiger partial charge is 0.351 e. The first kappa shape index (κ1) is 51.8. The summed E-state index contributed by atoms with van der Waals surface area (Å²) in [5.41, 5.74) is 3.14. The van der Waals surface area contributed by atoms with Crippen LogP contribution in [0.2, 0.25) is 0 Å². The third-order valence-electron chi connectivity index (χ3n) is 15.9. The molecule has 0 unspecified atom stereocenters. The van der Waals surface area contributed by atoms with E-state index in [1.54, 1.807) is 62.0 Å². The third-order valence-corrected chi connectivity index (χ3v) is 15.9. The molecule has 10 amide bonds. The van der Waals surface area contributed by atoms with Crippen molar-refractivity contribution in [1.82, 2.24) is 51.5 Å². The van der Waals surface area contributed by atoms with Crippen LogP contribution < -0.4 is 42.5 Å². The van der Waals surface area contributed by atoms with E-state index in [-0.39, 0.29) is 74.0 Å². The number of carbonyl (C=O) groups excluding carboxylic acids is 8. The maximum absolute atomic E-state index is 14.5. The summed E-state index contributed by atoms with van der Waals surface area (Å²) in [5.74, 6) is -1.65. The van der Waals surface area contributed by atoms with Crippen molar-refractivity contribution in [3.63, 3.8) is 0 Å². The van der Waals surface area contributed by atoms with Crippen LogP contribution in [-0.4, -0.2) is 168 Å². The lowest BCUT2D eigenvalue weighted by molar-refractivity contribution is -0.144. The summed E-state index contributed by atoms with van der Waals surface area (Å²) >= 11 is 0. The van der Waals surface area contributed by atoms with Crippen molar-refractivity contribution in [3.8, 4) is 0 Å². The van der Waals surface area contributed by atoms with Gasteiger partial charge in [0.05, 0.1) is 25.2 Å². The van der Waals surface area contributed by atoms with Crippen molar-refractivity contribution in [3.05, 3.63) is 96.1 Å². The number of nitrogens with zero attached hydrogens (tertiary/aromatic N) is 4. The minimum Gasteiger partial charge on any atom is -0.351 e. The van der Waals surface area contributed by atoms with Crippen LogP contribution >= 0.6 is 0 Å². The lowest BCUT2D eigenvalue weighted by Gasteiger charge is -2.39. The van der Waals surface area contributed by atoms with Gasteiger partial charge in [0.15, 0.2) is 0 Å². The molecule has 6 aliphatic rings. The summed E-state index contributed by atoms with van der Waals surface area (Å²) in [6, 6.07) is 20.0. The summed E-state index contributed by atoms with van der Waals surface area (Å²) in [5, 5.41) is 23.7. The number of rotatable bonds is 14. The van der Waals surface area contributed by atoms with Gasteiger partial charge in [-0.2, -0.15) is 0 Å². The average Bonchev–Trinajstić information content (AvgIpc) is 4.27. The fourth-order valence-corrected chi connectivity index (χ4v) is 11.1. The van der Waals surface area contributed by atoms with E-state index in [4.69, 9.17) is 0 Å². The summed E-state index contributed by atoms with van der Waals surface area (Å²) < 4.78 is 0. The normalized spacial score (nSPS) is 28.2. The van der Waals surface area contributed by atoms with Crippen LogP contribution in [0.15, 0.2) is 84.9 Å². The summed E-state index contributed by atoms with van der Waals surface area (Å²) in [6.07, 6.45) is 4.59. The zero-order valence-corrected chi connectivity index (χ0v) is 42.6. The molecule has 4 heterocycles.